The summed E-state index contributed by atoms with van der Waals surface area (Å²) in [6, 6.07) is 9.03. The van der Waals surface area contributed by atoms with Crippen molar-refractivity contribution in [2.45, 2.75) is 62.8 Å². The molecule has 1 atom stereocenters. The van der Waals surface area contributed by atoms with Crippen LogP contribution in [0.4, 0.5) is 34.1 Å². The number of para-hydroxylation sites is 1. The molecule has 4 aliphatic heterocycles. The van der Waals surface area contributed by atoms with Crippen LogP contribution in [0.1, 0.15) is 42.4 Å². The van der Waals surface area contributed by atoms with Crippen molar-refractivity contribution in [2.24, 2.45) is 0 Å². The Hall–Kier alpha value is -3.31. The maximum atomic E-state index is 14.1. The minimum atomic E-state index is -4.66. The number of nitrogens with two attached hydrogens (primary N) is 1. The summed E-state index contributed by atoms with van der Waals surface area (Å²) in [5.41, 5.74) is 6.65. The topological polar surface area (TPSA) is 117 Å². The number of halogens is 4. The Labute approximate surface area is 304 Å². The second kappa shape index (κ2) is 15.5. The Morgan fingerprint density at radius 3 is 2.28 bits per heavy atom. The van der Waals surface area contributed by atoms with Crippen LogP contribution >= 0.6 is 22.6 Å². The van der Waals surface area contributed by atoms with E-state index < -0.39 is 23.8 Å². The molecular formula is C35H46F3IN8O3. The molecule has 0 radical (unpaired) electrons. The third-order valence-corrected chi connectivity index (χ3v) is 11.6. The molecule has 0 aromatic heterocycles. The van der Waals surface area contributed by atoms with E-state index >= 15 is 0 Å². The molecule has 5 amide bonds. The highest BCUT2D eigenvalue weighted by Gasteiger charge is 2.37. The highest BCUT2D eigenvalue weighted by molar-refractivity contribution is 14.1. The number of hydrogen-bond acceptors (Lipinski definition) is 6. The number of likely N-dealkylation sites (tertiary alicyclic amines) is 2. The Balaban J connectivity index is 1.12. The predicted octanol–water partition coefficient (Wildman–Crippen LogP) is 4.31. The van der Waals surface area contributed by atoms with Crippen LogP contribution in [0, 0.1) is 3.57 Å². The van der Waals surface area contributed by atoms with Crippen LogP contribution in [-0.4, -0.2) is 127 Å². The van der Waals surface area contributed by atoms with Gasteiger partial charge in [0, 0.05) is 73.6 Å². The molecule has 272 valence electrons. The lowest BCUT2D eigenvalue weighted by atomic mass is 10.00. The number of nitrogens with one attached hydrogen (secondary N) is 2. The second-order valence-corrected chi connectivity index (χ2v) is 15.0. The van der Waals surface area contributed by atoms with E-state index in [1.54, 1.807) is 38.5 Å². The fraction of sp³-hybridized carbons (Fsp3) is 0.571. The van der Waals surface area contributed by atoms with Crippen LogP contribution in [0.5, 0.6) is 0 Å². The quantitative estimate of drug-likeness (QED) is 0.296. The number of anilines is 2. The van der Waals surface area contributed by atoms with Crippen molar-refractivity contribution < 1.29 is 27.6 Å². The van der Waals surface area contributed by atoms with Crippen molar-refractivity contribution in [3.63, 3.8) is 0 Å². The highest BCUT2D eigenvalue weighted by Crippen LogP contribution is 2.37. The largest absolute Gasteiger partial charge is 0.418 e. The summed E-state index contributed by atoms with van der Waals surface area (Å²) in [5.74, 6) is -0.308. The van der Waals surface area contributed by atoms with Crippen molar-refractivity contribution in [3.05, 3.63) is 56.7 Å². The van der Waals surface area contributed by atoms with E-state index in [1.807, 2.05) is 29.2 Å². The standard InChI is InChI=1S/C35H46F3IN8O3/c1-43-11-7-25(8-12-43)44-16-18-45(19-17-44)32(48)30(22-23-20-27(35(36,37)38)31(40)28(39)21-23)42-33(49)46-13-9-26(10-14-46)47-15-6-24-4-2-3-5-29(24)41-34(47)50/h2-5,20-21,25-26,30H,6-19,22,40H2,1H3,(H,41,50)(H,42,49)/t30-/m1/s1. The first kappa shape index (κ1) is 36.5. The molecule has 0 saturated carbocycles. The molecule has 11 nitrogen and oxygen atoms in total. The lowest BCUT2D eigenvalue weighted by molar-refractivity contribution is -0.137. The number of urea groups is 2. The van der Waals surface area contributed by atoms with Gasteiger partial charge in [-0.15, -0.1) is 0 Å². The average Bonchev–Trinajstić information content (AvgIpc) is 3.27. The van der Waals surface area contributed by atoms with Crippen LogP contribution in [0.2, 0.25) is 0 Å². The molecule has 0 spiro atoms. The molecule has 15 heteroatoms. The Kier molecular flexibility index (Phi) is 11.3. The summed E-state index contributed by atoms with van der Waals surface area (Å²) < 4.78 is 41.8. The fourth-order valence-electron chi connectivity index (χ4n) is 7.71. The molecule has 3 saturated heterocycles. The molecule has 0 bridgehead atoms. The van der Waals surface area contributed by atoms with Gasteiger partial charge in [-0.05, 0) is 104 Å². The molecule has 4 aliphatic rings. The van der Waals surface area contributed by atoms with E-state index in [1.165, 1.54) is 0 Å². The molecule has 2 aromatic carbocycles. The van der Waals surface area contributed by atoms with Crippen LogP contribution < -0.4 is 16.4 Å². The molecule has 2 aromatic rings. The Bertz CT molecular complexity index is 1550. The third-order valence-electron chi connectivity index (χ3n) is 10.7. The Morgan fingerprint density at radius 1 is 0.940 bits per heavy atom. The fourth-order valence-corrected chi connectivity index (χ4v) is 8.40. The number of amides is 5. The number of carbonyl (C=O) groups excluding carboxylic acids is 3. The van der Waals surface area contributed by atoms with Gasteiger partial charge in [0.05, 0.1) is 11.3 Å². The smallest absolute Gasteiger partial charge is 0.397 e. The normalized spacial score (nSPS) is 21.0. The van der Waals surface area contributed by atoms with Crippen LogP contribution in [0.15, 0.2) is 36.4 Å². The average molecular weight is 811 g/mol. The van der Waals surface area contributed by atoms with Gasteiger partial charge in [-0.1, -0.05) is 18.2 Å². The van der Waals surface area contributed by atoms with Gasteiger partial charge >= 0.3 is 18.2 Å². The number of carbonyl (C=O) groups is 3. The van der Waals surface area contributed by atoms with E-state index in [0.29, 0.717) is 64.7 Å². The summed E-state index contributed by atoms with van der Waals surface area (Å²) in [6.45, 7) is 5.78. The van der Waals surface area contributed by atoms with Gasteiger partial charge in [0.1, 0.15) is 6.04 Å². The maximum Gasteiger partial charge on any atom is 0.418 e. The number of piperidine rings is 2. The number of hydrogen-bond donors (Lipinski definition) is 3. The van der Waals surface area contributed by atoms with E-state index in [2.05, 4.69) is 27.5 Å². The predicted molar refractivity (Wildman–Crippen MR) is 194 cm³/mol. The zero-order valence-electron chi connectivity index (χ0n) is 28.4. The van der Waals surface area contributed by atoms with Crippen molar-refractivity contribution in [1.29, 1.82) is 0 Å². The molecule has 4 heterocycles. The number of alkyl halides is 3. The minimum absolute atomic E-state index is 0.0516. The summed E-state index contributed by atoms with van der Waals surface area (Å²) in [6.07, 6.45) is -0.750. The van der Waals surface area contributed by atoms with Crippen molar-refractivity contribution in [2.75, 3.05) is 77.0 Å². The van der Waals surface area contributed by atoms with E-state index in [0.717, 1.165) is 49.7 Å². The second-order valence-electron chi connectivity index (χ2n) is 13.9. The summed E-state index contributed by atoms with van der Waals surface area (Å²) >= 11 is 1.78. The number of fused-ring (bicyclic) bond motifs is 1. The number of benzene rings is 2. The van der Waals surface area contributed by atoms with Crippen molar-refractivity contribution >= 4 is 51.9 Å². The summed E-state index contributed by atoms with van der Waals surface area (Å²) in [5, 5.41) is 5.91. The maximum absolute atomic E-state index is 14.1. The van der Waals surface area contributed by atoms with Crippen molar-refractivity contribution in [3.8, 4) is 0 Å². The number of rotatable bonds is 6. The van der Waals surface area contributed by atoms with E-state index in [-0.39, 0.29) is 39.2 Å². The number of nitrogen functional groups attached to an aromatic ring is 1. The summed E-state index contributed by atoms with van der Waals surface area (Å²) in [4.78, 5) is 50.8. The van der Waals surface area contributed by atoms with E-state index in [4.69, 9.17) is 5.73 Å². The molecule has 3 fully saturated rings. The number of nitrogens with zero attached hydrogens (tertiary/aromatic N) is 5. The monoisotopic (exact) mass is 810 g/mol. The highest BCUT2D eigenvalue weighted by atomic mass is 127. The van der Waals surface area contributed by atoms with E-state index in [9.17, 15) is 27.6 Å². The molecule has 4 N–H and O–H groups in total. The third kappa shape index (κ3) is 8.41. The van der Waals surface area contributed by atoms with Gasteiger partial charge in [-0.25, -0.2) is 9.59 Å². The van der Waals surface area contributed by atoms with Crippen LogP contribution in [-0.2, 0) is 23.8 Å². The minimum Gasteiger partial charge on any atom is -0.397 e. The van der Waals surface area contributed by atoms with Gasteiger partial charge in [0.15, 0.2) is 0 Å². The zero-order chi connectivity index (χ0) is 35.6. The van der Waals surface area contributed by atoms with Crippen LogP contribution in [0.25, 0.3) is 0 Å². The zero-order valence-corrected chi connectivity index (χ0v) is 30.5. The first-order valence-electron chi connectivity index (χ1n) is 17.4. The van der Waals surface area contributed by atoms with Gasteiger partial charge in [-0.3, -0.25) is 9.69 Å². The molecule has 50 heavy (non-hydrogen) atoms. The van der Waals surface area contributed by atoms with Crippen molar-refractivity contribution in [1.82, 2.24) is 29.8 Å². The number of piperazine rings is 1. The van der Waals surface area contributed by atoms with Gasteiger partial charge in [0.2, 0.25) is 5.91 Å². The molecular weight excluding hydrogens is 764 g/mol. The van der Waals surface area contributed by atoms with Gasteiger partial charge in [0.25, 0.3) is 0 Å². The SMILES string of the molecule is CN1CCC(N2CCN(C(=O)[C@@H](Cc3cc(I)c(N)c(C(F)(F)F)c3)NC(=O)N3CCC(N4CCc5ccccc5NC4=O)CC3)CC2)CC1. The van der Waals surface area contributed by atoms with Gasteiger partial charge in [-0.2, -0.15) is 13.2 Å². The molecule has 0 unspecified atom stereocenters. The first-order valence-corrected chi connectivity index (χ1v) is 18.5. The lowest BCUT2D eigenvalue weighted by Crippen LogP contribution is -2.59. The lowest BCUT2D eigenvalue weighted by Gasteiger charge is -2.43. The van der Waals surface area contributed by atoms with Gasteiger partial charge < -0.3 is 36.0 Å². The van der Waals surface area contributed by atoms with Crippen LogP contribution in [0.3, 0.4) is 0 Å². The molecule has 6 rings (SSSR count). The first-order chi connectivity index (χ1) is 23.9. The summed E-state index contributed by atoms with van der Waals surface area (Å²) in [7, 11) is 2.12. The molecule has 0 aliphatic carbocycles. The Morgan fingerprint density at radius 2 is 1.60 bits per heavy atom.